The number of hydrogen-bond acceptors (Lipinski definition) is 7. The van der Waals surface area contributed by atoms with Gasteiger partial charge in [0.25, 0.3) is 5.91 Å². The van der Waals surface area contributed by atoms with Crippen molar-refractivity contribution in [3.05, 3.63) is 28.3 Å². The van der Waals surface area contributed by atoms with Crippen molar-refractivity contribution in [2.24, 2.45) is 0 Å². The van der Waals surface area contributed by atoms with Gasteiger partial charge in [0, 0.05) is 24.4 Å². The lowest BCUT2D eigenvalue weighted by atomic mass is 10.1. The molecule has 0 spiro atoms. The van der Waals surface area contributed by atoms with Crippen molar-refractivity contribution in [1.29, 1.82) is 0 Å². The monoisotopic (exact) mass is 363 g/mol. The minimum atomic E-state index is -0.294. The number of aromatic nitrogens is 1. The van der Waals surface area contributed by atoms with E-state index in [9.17, 15) is 4.79 Å². The minimum absolute atomic E-state index is 0.294. The molecule has 1 N–H and O–H groups in total. The molecule has 25 heavy (non-hydrogen) atoms. The van der Waals surface area contributed by atoms with Crippen LogP contribution in [0.2, 0.25) is 0 Å². The predicted octanol–water partition coefficient (Wildman–Crippen LogP) is 2.41. The summed E-state index contributed by atoms with van der Waals surface area (Å²) in [5.74, 6) is 0.930. The van der Waals surface area contributed by atoms with E-state index in [4.69, 9.17) is 14.2 Å². The Morgan fingerprint density at radius 1 is 1.20 bits per heavy atom. The molecule has 0 saturated carbocycles. The molecule has 1 aliphatic heterocycles. The number of rotatable bonds is 5. The lowest BCUT2D eigenvalue weighted by Gasteiger charge is -2.20. The van der Waals surface area contributed by atoms with Gasteiger partial charge in [-0.15, -0.1) is 11.3 Å². The van der Waals surface area contributed by atoms with Crippen molar-refractivity contribution in [2.45, 2.75) is 13.0 Å². The number of benzene rings is 1. The molecule has 1 aromatic carbocycles. The van der Waals surface area contributed by atoms with Crippen LogP contribution in [0, 0.1) is 0 Å². The second-order valence-corrected chi connectivity index (χ2v) is 6.80. The van der Waals surface area contributed by atoms with Crippen LogP contribution in [-0.4, -0.2) is 50.7 Å². The van der Waals surface area contributed by atoms with Crippen molar-refractivity contribution in [3.8, 4) is 17.2 Å². The quantitative estimate of drug-likeness (QED) is 0.879. The van der Waals surface area contributed by atoms with Crippen LogP contribution >= 0.6 is 11.3 Å². The maximum atomic E-state index is 12.7. The summed E-state index contributed by atoms with van der Waals surface area (Å²) in [5.41, 5.74) is 1.43. The predicted molar refractivity (Wildman–Crippen MR) is 96.2 cm³/mol. The number of nitrogens with one attached hydrogen (secondary N) is 1. The smallest absolute Gasteiger partial charge is 0.261 e. The van der Waals surface area contributed by atoms with Gasteiger partial charge in [0.1, 0.15) is 0 Å². The number of ether oxygens (including phenoxy) is 3. The van der Waals surface area contributed by atoms with E-state index in [1.165, 1.54) is 37.5 Å². The second kappa shape index (κ2) is 7.28. The Kier molecular flexibility index (Phi) is 5.10. The fourth-order valence-corrected chi connectivity index (χ4v) is 3.90. The Morgan fingerprint density at radius 3 is 2.64 bits per heavy atom. The molecule has 0 bridgehead atoms. The SMILES string of the molecule is COc1ccc(C(=O)Nc2nc3c(s2)CN(C)CC3)c(OC)c1OC. The number of anilines is 1. The average Bonchev–Trinajstić information content (AvgIpc) is 3.01. The molecule has 134 valence electrons. The van der Waals surface area contributed by atoms with Crippen molar-refractivity contribution in [1.82, 2.24) is 9.88 Å². The van der Waals surface area contributed by atoms with E-state index >= 15 is 0 Å². The molecule has 1 aliphatic rings. The van der Waals surface area contributed by atoms with Crippen LogP contribution in [0.4, 0.5) is 5.13 Å². The molecule has 2 heterocycles. The first kappa shape index (κ1) is 17.5. The topological polar surface area (TPSA) is 72.9 Å². The highest BCUT2D eigenvalue weighted by atomic mass is 32.1. The highest BCUT2D eigenvalue weighted by Crippen LogP contribution is 2.40. The number of nitrogens with zero attached hydrogens (tertiary/aromatic N) is 2. The van der Waals surface area contributed by atoms with Crippen LogP contribution < -0.4 is 19.5 Å². The second-order valence-electron chi connectivity index (χ2n) is 5.71. The van der Waals surface area contributed by atoms with Crippen LogP contribution in [-0.2, 0) is 13.0 Å². The van der Waals surface area contributed by atoms with Crippen molar-refractivity contribution in [2.75, 3.05) is 40.2 Å². The Labute approximate surface area is 150 Å². The van der Waals surface area contributed by atoms with Gasteiger partial charge in [0.05, 0.1) is 32.6 Å². The molecule has 0 radical (unpaired) electrons. The van der Waals surface area contributed by atoms with Crippen LogP contribution in [0.25, 0.3) is 0 Å². The summed E-state index contributed by atoms with van der Waals surface area (Å²) < 4.78 is 15.9. The Bertz CT molecular complexity index is 790. The summed E-state index contributed by atoms with van der Waals surface area (Å²) in [6.07, 6.45) is 0.901. The summed E-state index contributed by atoms with van der Waals surface area (Å²) >= 11 is 1.51. The van der Waals surface area contributed by atoms with E-state index < -0.39 is 0 Å². The van der Waals surface area contributed by atoms with Gasteiger partial charge in [0.15, 0.2) is 16.6 Å². The molecule has 3 rings (SSSR count). The van der Waals surface area contributed by atoms with Gasteiger partial charge in [-0.3, -0.25) is 10.1 Å². The van der Waals surface area contributed by atoms with Crippen molar-refractivity contribution in [3.63, 3.8) is 0 Å². The third-order valence-electron chi connectivity index (χ3n) is 4.09. The first-order valence-corrected chi connectivity index (χ1v) is 8.66. The molecular formula is C17H21N3O4S. The fraction of sp³-hybridized carbons (Fsp3) is 0.412. The molecule has 0 saturated heterocycles. The third-order valence-corrected chi connectivity index (χ3v) is 5.09. The Balaban J connectivity index is 1.87. The molecule has 1 aromatic heterocycles. The van der Waals surface area contributed by atoms with Crippen LogP contribution in [0.5, 0.6) is 17.2 Å². The van der Waals surface area contributed by atoms with E-state index in [-0.39, 0.29) is 5.91 Å². The zero-order chi connectivity index (χ0) is 18.0. The van der Waals surface area contributed by atoms with E-state index in [0.29, 0.717) is 27.9 Å². The maximum Gasteiger partial charge on any atom is 0.261 e. The molecule has 8 heteroatoms. The van der Waals surface area contributed by atoms with Crippen LogP contribution in [0.1, 0.15) is 20.9 Å². The summed E-state index contributed by atoms with van der Waals surface area (Å²) in [6.45, 7) is 1.84. The minimum Gasteiger partial charge on any atom is -0.493 e. The number of likely N-dealkylation sites (N-methyl/N-ethyl adjacent to an activating group) is 1. The normalized spacial score (nSPS) is 13.9. The van der Waals surface area contributed by atoms with E-state index in [0.717, 1.165) is 25.2 Å². The number of methoxy groups -OCH3 is 3. The number of thiazole rings is 1. The average molecular weight is 363 g/mol. The molecule has 2 aromatic rings. The number of carbonyl (C=O) groups excluding carboxylic acids is 1. The number of carbonyl (C=O) groups is 1. The fourth-order valence-electron chi connectivity index (χ4n) is 2.82. The number of fused-ring (bicyclic) bond motifs is 1. The summed E-state index contributed by atoms with van der Waals surface area (Å²) in [4.78, 5) is 20.7. The molecule has 0 aliphatic carbocycles. The van der Waals surface area contributed by atoms with Gasteiger partial charge in [-0.1, -0.05) is 0 Å². The molecule has 0 atom stereocenters. The van der Waals surface area contributed by atoms with Gasteiger partial charge in [-0.05, 0) is 19.2 Å². The third kappa shape index (κ3) is 3.40. The van der Waals surface area contributed by atoms with Gasteiger partial charge < -0.3 is 19.1 Å². The summed E-state index contributed by atoms with van der Waals surface area (Å²) in [7, 11) is 6.61. The molecule has 1 amide bonds. The largest absolute Gasteiger partial charge is 0.493 e. The van der Waals surface area contributed by atoms with E-state index in [1.54, 1.807) is 12.1 Å². The zero-order valence-electron chi connectivity index (χ0n) is 14.7. The highest BCUT2D eigenvalue weighted by molar-refractivity contribution is 7.15. The summed E-state index contributed by atoms with van der Waals surface area (Å²) in [6, 6.07) is 3.33. The van der Waals surface area contributed by atoms with Gasteiger partial charge in [0.2, 0.25) is 5.75 Å². The zero-order valence-corrected chi connectivity index (χ0v) is 15.5. The van der Waals surface area contributed by atoms with Gasteiger partial charge in [-0.25, -0.2) is 4.98 Å². The van der Waals surface area contributed by atoms with E-state index in [1.807, 2.05) is 0 Å². The van der Waals surface area contributed by atoms with Crippen LogP contribution in [0.3, 0.4) is 0 Å². The summed E-state index contributed by atoms with van der Waals surface area (Å²) in [5, 5.41) is 3.47. The lowest BCUT2D eigenvalue weighted by Crippen LogP contribution is -2.25. The Morgan fingerprint density at radius 2 is 1.96 bits per heavy atom. The van der Waals surface area contributed by atoms with Crippen LogP contribution in [0.15, 0.2) is 12.1 Å². The Hall–Kier alpha value is -2.32. The molecule has 0 unspecified atom stereocenters. The maximum absolute atomic E-state index is 12.7. The standard InChI is InChI=1S/C17H21N3O4S/c1-20-8-7-11-13(9-20)25-17(18-11)19-16(21)10-5-6-12(22-2)15(24-4)14(10)23-3/h5-6H,7-9H2,1-4H3,(H,18,19,21). The molecular weight excluding hydrogens is 342 g/mol. The lowest BCUT2D eigenvalue weighted by molar-refractivity contribution is 0.102. The van der Waals surface area contributed by atoms with E-state index in [2.05, 4.69) is 22.2 Å². The molecule has 7 nitrogen and oxygen atoms in total. The number of amides is 1. The highest BCUT2D eigenvalue weighted by Gasteiger charge is 2.23. The van der Waals surface area contributed by atoms with Gasteiger partial charge in [-0.2, -0.15) is 0 Å². The first-order valence-electron chi connectivity index (χ1n) is 7.84. The number of hydrogen-bond donors (Lipinski definition) is 1. The van der Waals surface area contributed by atoms with Crippen molar-refractivity contribution >= 4 is 22.4 Å². The molecule has 0 fully saturated rings. The van der Waals surface area contributed by atoms with Crippen molar-refractivity contribution < 1.29 is 19.0 Å². The first-order chi connectivity index (χ1) is 12.1. The van der Waals surface area contributed by atoms with Gasteiger partial charge >= 0.3 is 0 Å².